The highest BCUT2D eigenvalue weighted by Gasteiger charge is 2.18. The lowest BCUT2D eigenvalue weighted by Gasteiger charge is -2.13. The Hall–Kier alpha value is -0.570. The van der Waals surface area contributed by atoms with E-state index in [-0.39, 0.29) is 5.92 Å². The van der Waals surface area contributed by atoms with Crippen molar-refractivity contribution in [3.63, 3.8) is 0 Å². The minimum Gasteiger partial charge on any atom is -0.480 e. The second-order valence-corrected chi connectivity index (χ2v) is 2.63. The quantitative estimate of drug-likeness (QED) is 0.616. The zero-order valence-corrected chi connectivity index (χ0v) is 6.50. The number of carboxylic acids is 1. The molecule has 0 aliphatic carbocycles. The third-order valence-electron chi connectivity index (χ3n) is 1.64. The summed E-state index contributed by atoms with van der Waals surface area (Å²) in [6.45, 7) is 3.88. The minimum absolute atomic E-state index is 0.0856. The molecular weight excluding hydrogens is 130 g/mol. The van der Waals surface area contributed by atoms with Crippen LogP contribution >= 0.6 is 0 Å². The van der Waals surface area contributed by atoms with Gasteiger partial charge in [0.25, 0.3) is 0 Å². The van der Waals surface area contributed by atoms with Crippen LogP contribution in [0.2, 0.25) is 0 Å². The monoisotopic (exact) mass is 145 g/mol. The number of nitrogens with two attached hydrogens (primary N) is 1. The van der Waals surface area contributed by atoms with E-state index in [9.17, 15) is 4.79 Å². The average Bonchev–Trinajstić information content (AvgIpc) is 1.87. The third-order valence-corrected chi connectivity index (χ3v) is 1.64. The van der Waals surface area contributed by atoms with Crippen LogP contribution in [-0.2, 0) is 4.79 Å². The molecule has 3 N–H and O–H groups in total. The normalized spacial score (nSPS) is 16.3. The fourth-order valence-electron chi connectivity index (χ4n) is 0.878. The summed E-state index contributed by atoms with van der Waals surface area (Å²) in [4.78, 5) is 10.3. The van der Waals surface area contributed by atoms with E-state index >= 15 is 0 Å². The first-order valence-corrected chi connectivity index (χ1v) is 3.58. The largest absolute Gasteiger partial charge is 0.480 e. The molecule has 0 aromatic carbocycles. The van der Waals surface area contributed by atoms with Gasteiger partial charge in [-0.25, -0.2) is 0 Å². The molecule has 0 aliphatic heterocycles. The van der Waals surface area contributed by atoms with Gasteiger partial charge in [-0.15, -0.1) is 0 Å². The van der Waals surface area contributed by atoms with Crippen molar-refractivity contribution in [1.29, 1.82) is 0 Å². The number of carboxylic acid groups (broad SMARTS) is 1. The van der Waals surface area contributed by atoms with Gasteiger partial charge in [-0.2, -0.15) is 0 Å². The van der Waals surface area contributed by atoms with Crippen molar-refractivity contribution in [3.8, 4) is 0 Å². The summed E-state index contributed by atoms with van der Waals surface area (Å²) < 4.78 is 0. The molecule has 0 heterocycles. The van der Waals surface area contributed by atoms with E-state index in [1.807, 2.05) is 13.8 Å². The Morgan fingerprint density at radius 1 is 1.70 bits per heavy atom. The van der Waals surface area contributed by atoms with Crippen molar-refractivity contribution in [3.05, 3.63) is 0 Å². The summed E-state index contributed by atoms with van der Waals surface area (Å²) in [5.41, 5.74) is 5.35. The highest BCUT2D eigenvalue weighted by atomic mass is 16.4. The Kier molecular flexibility index (Phi) is 4.03. The van der Waals surface area contributed by atoms with Gasteiger partial charge in [0.1, 0.15) is 6.04 Å². The molecule has 2 unspecified atom stereocenters. The highest BCUT2D eigenvalue weighted by molar-refractivity contribution is 5.73. The lowest BCUT2D eigenvalue weighted by atomic mass is 9.98. The van der Waals surface area contributed by atoms with E-state index in [0.717, 1.165) is 12.8 Å². The molecule has 0 aliphatic rings. The first-order valence-electron chi connectivity index (χ1n) is 3.58. The van der Waals surface area contributed by atoms with E-state index in [4.69, 9.17) is 10.8 Å². The Labute approximate surface area is 61.2 Å². The van der Waals surface area contributed by atoms with Gasteiger partial charge < -0.3 is 10.8 Å². The Bertz CT molecular complexity index is 114. The molecule has 0 aromatic rings. The van der Waals surface area contributed by atoms with Crippen LogP contribution in [0.25, 0.3) is 0 Å². The molecule has 60 valence electrons. The molecule has 0 bridgehead atoms. The van der Waals surface area contributed by atoms with Crippen molar-refractivity contribution in [1.82, 2.24) is 0 Å². The van der Waals surface area contributed by atoms with Crippen LogP contribution in [0, 0.1) is 5.92 Å². The van der Waals surface area contributed by atoms with E-state index in [2.05, 4.69) is 0 Å². The van der Waals surface area contributed by atoms with Crippen LogP contribution in [0.5, 0.6) is 0 Å². The third kappa shape index (κ3) is 2.82. The Morgan fingerprint density at radius 3 is 2.50 bits per heavy atom. The van der Waals surface area contributed by atoms with Gasteiger partial charge in [-0.05, 0) is 12.3 Å². The maximum Gasteiger partial charge on any atom is 0.320 e. The number of hydrogen-bond acceptors (Lipinski definition) is 2. The minimum atomic E-state index is -0.902. The summed E-state index contributed by atoms with van der Waals surface area (Å²) in [5, 5.41) is 8.45. The van der Waals surface area contributed by atoms with E-state index in [1.165, 1.54) is 0 Å². The van der Waals surface area contributed by atoms with Crippen LogP contribution in [0.15, 0.2) is 0 Å². The molecule has 0 saturated carbocycles. The predicted octanol–water partition coefficient (Wildman–Crippen LogP) is 0.834. The fraction of sp³-hybridized carbons (Fsp3) is 0.857. The average molecular weight is 145 g/mol. The molecule has 0 aromatic heterocycles. The fourth-order valence-corrected chi connectivity index (χ4v) is 0.878. The number of rotatable bonds is 4. The Morgan fingerprint density at radius 2 is 2.20 bits per heavy atom. The maximum absolute atomic E-state index is 10.3. The van der Waals surface area contributed by atoms with Crippen LogP contribution < -0.4 is 5.73 Å². The van der Waals surface area contributed by atoms with Crippen LogP contribution in [-0.4, -0.2) is 17.1 Å². The maximum atomic E-state index is 10.3. The molecule has 0 rings (SSSR count). The lowest BCUT2D eigenvalue weighted by molar-refractivity contribution is -0.139. The topological polar surface area (TPSA) is 63.3 Å². The molecule has 0 saturated heterocycles. The predicted molar refractivity (Wildman–Crippen MR) is 39.7 cm³/mol. The molecule has 3 nitrogen and oxygen atoms in total. The summed E-state index contributed by atoms with van der Waals surface area (Å²) in [6, 6.07) is -0.694. The smallest absolute Gasteiger partial charge is 0.320 e. The molecule has 10 heavy (non-hydrogen) atoms. The molecule has 2 atom stereocenters. The molecule has 0 fully saturated rings. The second-order valence-electron chi connectivity index (χ2n) is 2.63. The Balaban J connectivity index is 3.69. The first-order chi connectivity index (χ1) is 4.59. The van der Waals surface area contributed by atoms with Crippen molar-refractivity contribution in [2.75, 3.05) is 0 Å². The summed E-state index contributed by atoms with van der Waals surface area (Å²) in [6.07, 6.45) is 1.87. The summed E-state index contributed by atoms with van der Waals surface area (Å²) >= 11 is 0. The summed E-state index contributed by atoms with van der Waals surface area (Å²) in [7, 11) is 0. The van der Waals surface area contributed by atoms with Gasteiger partial charge in [0.2, 0.25) is 0 Å². The van der Waals surface area contributed by atoms with Crippen molar-refractivity contribution < 1.29 is 9.90 Å². The van der Waals surface area contributed by atoms with Gasteiger partial charge in [-0.3, -0.25) is 4.79 Å². The van der Waals surface area contributed by atoms with Crippen LogP contribution in [0.1, 0.15) is 26.7 Å². The van der Waals surface area contributed by atoms with Crippen molar-refractivity contribution in [2.24, 2.45) is 11.7 Å². The van der Waals surface area contributed by atoms with E-state index in [0.29, 0.717) is 0 Å². The molecule has 0 amide bonds. The van der Waals surface area contributed by atoms with Crippen LogP contribution in [0.3, 0.4) is 0 Å². The van der Waals surface area contributed by atoms with Gasteiger partial charge >= 0.3 is 5.97 Å². The molecule has 0 spiro atoms. The zero-order chi connectivity index (χ0) is 8.15. The molecular formula is C7H15NO2. The highest BCUT2D eigenvalue weighted by Crippen LogP contribution is 2.08. The molecule has 3 heteroatoms. The number of hydrogen-bond donors (Lipinski definition) is 2. The second kappa shape index (κ2) is 4.28. The van der Waals surface area contributed by atoms with E-state index in [1.54, 1.807) is 0 Å². The van der Waals surface area contributed by atoms with E-state index < -0.39 is 12.0 Å². The standard InChI is InChI=1S/C7H15NO2/c1-3-4-5(2)6(8)7(9)10/h5-6H,3-4,8H2,1-2H3,(H,9,10). The van der Waals surface area contributed by atoms with Crippen molar-refractivity contribution >= 4 is 5.97 Å². The first kappa shape index (κ1) is 9.43. The van der Waals surface area contributed by atoms with Gasteiger partial charge in [-0.1, -0.05) is 20.3 Å². The number of carbonyl (C=O) groups is 1. The number of aliphatic carboxylic acids is 1. The van der Waals surface area contributed by atoms with Gasteiger partial charge in [0.15, 0.2) is 0 Å². The van der Waals surface area contributed by atoms with Crippen molar-refractivity contribution in [2.45, 2.75) is 32.7 Å². The SMILES string of the molecule is CCCC(C)C(N)C(=O)O. The zero-order valence-electron chi connectivity index (χ0n) is 6.50. The van der Waals surface area contributed by atoms with Gasteiger partial charge in [0, 0.05) is 0 Å². The van der Waals surface area contributed by atoms with Crippen LogP contribution in [0.4, 0.5) is 0 Å². The van der Waals surface area contributed by atoms with Gasteiger partial charge in [0.05, 0.1) is 0 Å². The lowest BCUT2D eigenvalue weighted by Crippen LogP contribution is -2.36. The summed E-state index contributed by atoms with van der Waals surface area (Å²) in [5.74, 6) is -0.816. The molecule has 0 radical (unpaired) electrons.